The van der Waals surface area contributed by atoms with Crippen LogP contribution < -0.4 is 10.6 Å². The lowest BCUT2D eigenvalue weighted by molar-refractivity contribution is -0.140. The molecule has 0 heterocycles. The number of halogens is 4. The third-order valence-corrected chi connectivity index (χ3v) is 5.92. The first kappa shape index (κ1) is 23.8. The number of rotatable bonds is 8. The molecule has 1 aromatic carbocycles. The molecule has 1 aliphatic carbocycles. The number of carbonyl (C=O) groups is 2. The fraction of sp³-hybridized carbons (Fsp3) is 0.579. The number of alkyl halides is 3. The highest BCUT2D eigenvalue weighted by Crippen LogP contribution is 2.32. The van der Waals surface area contributed by atoms with Gasteiger partial charge < -0.3 is 15.7 Å². The Hall–Kier alpha value is -1.45. The minimum Gasteiger partial charge on any atom is -0.480 e. The maximum Gasteiger partial charge on any atom is 0.416 e. The van der Waals surface area contributed by atoms with Crippen molar-refractivity contribution in [2.75, 3.05) is 12.0 Å². The first-order valence-electron chi connectivity index (χ1n) is 9.27. The van der Waals surface area contributed by atoms with E-state index in [2.05, 4.69) is 10.6 Å². The van der Waals surface area contributed by atoms with Crippen LogP contribution in [0.1, 0.15) is 48.0 Å². The molecular formula is C19H24ClF3N2O3S. The molecule has 0 bridgehead atoms. The standard InChI is InChI=1S/C19H24ClF3N2O3S/c1-29-9-8-16(18(27)28)24-12-3-5-13(6-4-12)25-17(26)14-10-11(19(21,22)23)2-7-15(14)20/h2,7,10,12-13,16,24H,3-6,8-9H2,1H3,(H,25,26)(H,27,28)/t12?,13?,16-/m0/s1. The summed E-state index contributed by atoms with van der Waals surface area (Å²) in [4.78, 5) is 23.8. The van der Waals surface area contributed by atoms with E-state index in [0.29, 0.717) is 32.1 Å². The van der Waals surface area contributed by atoms with Gasteiger partial charge >= 0.3 is 12.1 Å². The summed E-state index contributed by atoms with van der Waals surface area (Å²) in [5.74, 6) is -0.776. The van der Waals surface area contributed by atoms with Gasteiger partial charge in [-0.15, -0.1) is 0 Å². The highest BCUT2D eigenvalue weighted by Gasteiger charge is 2.32. The van der Waals surface area contributed by atoms with Crippen molar-refractivity contribution in [3.05, 3.63) is 34.3 Å². The van der Waals surface area contributed by atoms with Gasteiger partial charge in [0.15, 0.2) is 0 Å². The molecule has 0 radical (unpaired) electrons. The maximum atomic E-state index is 12.9. The van der Waals surface area contributed by atoms with Crippen molar-refractivity contribution in [2.24, 2.45) is 0 Å². The largest absolute Gasteiger partial charge is 0.480 e. The highest BCUT2D eigenvalue weighted by molar-refractivity contribution is 7.98. The van der Waals surface area contributed by atoms with Gasteiger partial charge in [0.1, 0.15) is 6.04 Å². The Morgan fingerprint density at radius 1 is 1.24 bits per heavy atom. The van der Waals surface area contributed by atoms with Crippen molar-refractivity contribution in [3.8, 4) is 0 Å². The molecule has 0 spiro atoms. The van der Waals surface area contributed by atoms with Gasteiger partial charge in [0.25, 0.3) is 5.91 Å². The molecule has 0 aliphatic heterocycles. The summed E-state index contributed by atoms with van der Waals surface area (Å²) in [6, 6.07) is 1.90. The van der Waals surface area contributed by atoms with Crippen molar-refractivity contribution >= 4 is 35.2 Å². The zero-order valence-electron chi connectivity index (χ0n) is 15.9. The van der Waals surface area contributed by atoms with Crippen molar-refractivity contribution in [2.45, 2.75) is 56.4 Å². The lowest BCUT2D eigenvalue weighted by atomic mass is 9.90. The summed E-state index contributed by atoms with van der Waals surface area (Å²) in [6.07, 6.45) is 0.448. The number of hydrogen-bond acceptors (Lipinski definition) is 4. The van der Waals surface area contributed by atoms with Crippen LogP contribution in [-0.4, -0.2) is 47.1 Å². The molecule has 1 atom stereocenters. The van der Waals surface area contributed by atoms with Crippen LogP contribution in [0.2, 0.25) is 5.02 Å². The first-order chi connectivity index (χ1) is 13.6. The van der Waals surface area contributed by atoms with E-state index >= 15 is 0 Å². The number of benzene rings is 1. The molecule has 0 aromatic heterocycles. The van der Waals surface area contributed by atoms with Crippen LogP contribution in [0.4, 0.5) is 13.2 Å². The average Bonchev–Trinajstić information content (AvgIpc) is 2.65. The molecule has 0 saturated heterocycles. The minimum atomic E-state index is -4.56. The number of carbonyl (C=O) groups excluding carboxylic acids is 1. The van der Waals surface area contributed by atoms with Gasteiger partial charge in [-0.25, -0.2) is 0 Å². The summed E-state index contributed by atoms with van der Waals surface area (Å²) in [5, 5.41) is 15.2. The van der Waals surface area contributed by atoms with Crippen molar-refractivity contribution < 1.29 is 27.9 Å². The van der Waals surface area contributed by atoms with Crippen LogP contribution >= 0.6 is 23.4 Å². The number of hydrogen-bond donors (Lipinski definition) is 3. The maximum absolute atomic E-state index is 12.9. The lowest BCUT2D eigenvalue weighted by Gasteiger charge is -2.31. The van der Waals surface area contributed by atoms with E-state index < -0.39 is 29.7 Å². The Bertz CT molecular complexity index is 725. The third-order valence-electron chi connectivity index (χ3n) is 4.95. The highest BCUT2D eigenvalue weighted by atomic mass is 35.5. The van der Waals surface area contributed by atoms with Gasteiger partial charge in [-0.05, 0) is 62.3 Å². The van der Waals surface area contributed by atoms with E-state index in [0.717, 1.165) is 24.0 Å². The zero-order valence-corrected chi connectivity index (χ0v) is 17.5. The molecule has 1 saturated carbocycles. The number of thioether (sulfide) groups is 1. The van der Waals surface area contributed by atoms with E-state index in [4.69, 9.17) is 11.6 Å². The van der Waals surface area contributed by atoms with Crippen molar-refractivity contribution in [3.63, 3.8) is 0 Å². The van der Waals surface area contributed by atoms with Gasteiger partial charge in [-0.1, -0.05) is 11.6 Å². The monoisotopic (exact) mass is 452 g/mol. The summed E-state index contributed by atoms with van der Waals surface area (Å²) < 4.78 is 38.6. The quantitative estimate of drug-likeness (QED) is 0.551. The van der Waals surface area contributed by atoms with Gasteiger partial charge in [0.05, 0.1) is 16.1 Å². The van der Waals surface area contributed by atoms with Crippen LogP contribution in [-0.2, 0) is 11.0 Å². The first-order valence-corrected chi connectivity index (χ1v) is 11.0. The molecule has 1 fully saturated rings. The van der Waals surface area contributed by atoms with Crippen LogP contribution in [0.3, 0.4) is 0 Å². The Morgan fingerprint density at radius 2 is 1.86 bits per heavy atom. The SMILES string of the molecule is CSCC[C@H](NC1CCC(NC(=O)c2cc(C(F)(F)F)ccc2Cl)CC1)C(=O)O. The molecule has 162 valence electrons. The van der Waals surface area contributed by atoms with Gasteiger partial charge in [0, 0.05) is 12.1 Å². The molecule has 5 nitrogen and oxygen atoms in total. The van der Waals surface area contributed by atoms with E-state index in [1.54, 1.807) is 11.8 Å². The van der Waals surface area contributed by atoms with Crippen molar-refractivity contribution in [1.82, 2.24) is 10.6 Å². The summed E-state index contributed by atoms with van der Waals surface area (Å²) in [6.45, 7) is 0. The summed E-state index contributed by atoms with van der Waals surface area (Å²) in [7, 11) is 0. The van der Waals surface area contributed by atoms with E-state index in [-0.39, 0.29) is 22.7 Å². The zero-order chi connectivity index (χ0) is 21.6. The smallest absolute Gasteiger partial charge is 0.416 e. The second-order valence-electron chi connectivity index (χ2n) is 7.05. The molecule has 0 unspecified atom stereocenters. The summed E-state index contributed by atoms with van der Waals surface area (Å²) >= 11 is 7.50. The van der Waals surface area contributed by atoms with E-state index in [1.165, 1.54) is 0 Å². The third kappa shape index (κ3) is 7.08. The molecular weight excluding hydrogens is 429 g/mol. The predicted molar refractivity (Wildman–Crippen MR) is 108 cm³/mol. The Labute approximate surface area is 176 Å². The molecule has 1 aliphatic rings. The van der Waals surface area contributed by atoms with Gasteiger partial charge in [-0.2, -0.15) is 24.9 Å². The lowest BCUT2D eigenvalue weighted by Crippen LogP contribution is -2.47. The second-order valence-corrected chi connectivity index (χ2v) is 8.45. The normalized spacial score (nSPS) is 20.9. The number of aliphatic carboxylic acids is 1. The molecule has 10 heteroatoms. The van der Waals surface area contributed by atoms with E-state index in [9.17, 15) is 27.9 Å². The number of carboxylic acids is 1. The van der Waals surface area contributed by atoms with Crippen LogP contribution in [0.25, 0.3) is 0 Å². The Balaban J connectivity index is 1.91. The topological polar surface area (TPSA) is 78.4 Å². The molecule has 29 heavy (non-hydrogen) atoms. The number of amides is 1. The van der Waals surface area contributed by atoms with Gasteiger partial charge in [-0.3, -0.25) is 9.59 Å². The Morgan fingerprint density at radius 3 is 2.41 bits per heavy atom. The van der Waals surface area contributed by atoms with Crippen LogP contribution in [0.15, 0.2) is 18.2 Å². The van der Waals surface area contributed by atoms with Crippen LogP contribution in [0.5, 0.6) is 0 Å². The van der Waals surface area contributed by atoms with E-state index in [1.807, 2.05) is 6.26 Å². The number of carboxylic acid groups (broad SMARTS) is 1. The average molecular weight is 453 g/mol. The number of nitrogens with one attached hydrogen (secondary N) is 2. The predicted octanol–water partition coefficient (Wildman–Crippen LogP) is 4.20. The fourth-order valence-electron chi connectivity index (χ4n) is 3.34. The molecule has 1 aromatic rings. The minimum absolute atomic E-state index is 0.0308. The molecule has 2 rings (SSSR count). The van der Waals surface area contributed by atoms with Crippen molar-refractivity contribution in [1.29, 1.82) is 0 Å². The second kappa shape index (κ2) is 10.5. The summed E-state index contributed by atoms with van der Waals surface area (Å²) in [5.41, 5.74) is -1.13. The van der Waals surface area contributed by atoms with Gasteiger partial charge in [0.2, 0.25) is 0 Å². The fourth-order valence-corrected chi connectivity index (χ4v) is 4.02. The van der Waals surface area contributed by atoms with Crippen LogP contribution in [0, 0.1) is 0 Å². The molecule has 3 N–H and O–H groups in total. The molecule has 1 amide bonds. The Kier molecular flexibility index (Phi) is 8.66.